The molecule has 1 aromatic carbocycles. The number of rotatable bonds is 2. The number of aliphatic hydroxyl groups excluding tert-OH is 1. The largest absolute Gasteiger partial charge is 0.388 e. The Labute approximate surface area is 90.8 Å². The van der Waals surface area contributed by atoms with E-state index >= 15 is 0 Å². The van der Waals surface area contributed by atoms with Gasteiger partial charge in [-0.1, -0.05) is 42.5 Å². The first-order valence-electron chi connectivity index (χ1n) is 5.40. The van der Waals surface area contributed by atoms with Gasteiger partial charge in [0.05, 0.1) is 6.10 Å². The predicted octanol–water partition coefficient (Wildman–Crippen LogP) is 1.81. The molecule has 1 heterocycles. The van der Waals surface area contributed by atoms with Crippen molar-refractivity contribution < 1.29 is 5.11 Å². The Morgan fingerprint density at radius 2 is 2.00 bits per heavy atom. The fraction of sp³-hybridized carbons (Fsp3) is 0.385. The first kappa shape index (κ1) is 10.4. The Balaban J connectivity index is 2.03. The van der Waals surface area contributed by atoms with Crippen LogP contribution in [0.5, 0.6) is 0 Å². The highest BCUT2D eigenvalue weighted by Gasteiger charge is 2.18. The second-order valence-electron chi connectivity index (χ2n) is 4.11. The molecule has 1 aromatic rings. The van der Waals surface area contributed by atoms with Crippen LogP contribution in [0, 0.1) is 0 Å². The Hall–Kier alpha value is -1.12. The molecule has 2 atom stereocenters. The van der Waals surface area contributed by atoms with Gasteiger partial charge in [0.2, 0.25) is 0 Å². The Morgan fingerprint density at radius 1 is 1.27 bits per heavy atom. The summed E-state index contributed by atoms with van der Waals surface area (Å²) in [7, 11) is 0. The van der Waals surface area contributed by atoms with Crippen molar-refractivity contribution in [1.29, 1.82) is 0 Å². The van der Waals surface area contributed by atoms with E-state index in [2.05, 4.69) is 42.2 Å². The molecule has 2 rings (SSSR count). The minimum atomic E-state index is -0.315. The number of benzene rings is 1. The third-order valence-electron chi connectivity index (χ3n) is 2.84. The van der Waals surface area contributed by atoms with Gasteiger partial charge in [-0.25, -0.2) is 0 Å². The number of hydrogen-bond donors (Lipinski definition) is 1. The van der Waals surface area contributed by atoms with Crippen LogP contribution in [0.15, 0.2) is 42.5 Å². The summed E-state index contributed by atoms with van der Waals surface area (Å²) in [6, 6.07) is 10.8. The Kier molecular flexibility index (Phi) is 3.19. The molecule has 0 unspecified atom stereocenters. The van der Waals surface area contributed by atoms with Crippen LogP contribution in [-0.4, -0.2) is 28.7 Å². The molecule has 15 heavy (non-hydrogen) atoms. The first-order chi connectivity index (χ1) is 7.25. The predicted molar refractivity (Wildman–Crippen MR) is 61.5 cm³/mol. The average Bonchev–Trinajstić information content (AvgIpc) is 2.25. The van der Waals surface area contributed by atoms with Gasteiger partial charge < -0.3 is 5.11 Å². The van der Waals surface area contributed by atoms with Crippen molar-refractivity contribution in [3.05, 3.63) is 48.0 Å². The molecule has 0 saturated heterocycles. The van der Waals surface area contributed by atoms with Crippen molar-refractivity contribution in [2.24, 2.45) is 0 Å². The summed E-state index contributed by atoms with van der Waals surface area (Å²) in [5.41, 5.74) is 1.30. The maximum absolute atomic E-state index is 9.55. The lowest BCUT2D eigenvalue weighted by atomic mass is 10.1. The van der Waals surface area contributed by atoms with E-state index in [1.807, 2.05) is 12.1 Å². The van der Waals surface area contributed by atoms with Crippen LogP contribution in [0.3, 0.4) is 0 Å². The van der Waals surface area contributed by atoms with Crippen LogP contribution < -0.4 is 0 Å². The van der Waals surface area contributed by atoms with Crippen LogP contribution in [-0.2, 0) is 6.54 Å². The fourth-order valence-corrected chi connectivity index (χ4v) is 1.90. The molecule has 2 heteroatoms. The molecule has 0 aromatic heterocycles. The summed E-state index contributed by atoms with van der Waals surface area (Å²) in [5, 5.41) is 9.55. The van der Waals surface area contributed by atoms with Gasteiger partial charge in [-0.3, -0.25) is 4.90 Å². The molecular formula is C13H17NO. The Bertz CT molecular complexity index is 334. The zero-order chi connectivity index (χ0) is 10.7. The van der Waals surface area contributed by atoms with Crippen LogP contribution in [0.1, 0.15) is 12.5 Å². The van der Waals surface area contributed by atoms with Crippen LogP contribution in [0.25, 0.3) is 0 Å². The molecular weight excluding hydrogens is 186 g/mol. The van der Waals surface area contributed by atoms with Gasteiger partial charge in [0.25, 0.3) is 0 Å². The maximum Gasteiger partial charge on any atom is 0.0848 e. The van der Waals surface area contributed by atoms with Crippen molar-refractivity contribution in [1.82, 2.24) is 4.90 Å². The van der Waals surface area contributed by atoms with E-state index in [0.29, 0.717) is 6.04 Å². The minimum Gasteiger partial charge on any atom is -0.388 e. The van der Waals surface area contributed by atoms with E-state index in [1.54, 1.807) is 0 Å². The smallest absolute Gasteiger partial charge is 0.0848 e. The standard InChI is InChI=1S/C13H17NO/c1-11-7-8-13(15)10-14(11)9-12-5-3-2-4-6-12/h2-8,11,13,15H,9-10H2,1H3/t11-,13-/m1/s1. The summed E-state index contributed by atoms with van der Waals surface area (Å²) in [6.07, 6.45) is 3.63. The summed E-state index contributed by atoms with van der Waals surface area (Å²) in [5.74, 6) is 0. The molecule has 0 amide bonds. The summed E-state index contributed by atoms with van der Waals surface area (Å²) in [4.78, 5) is 2.28. The Morgan fingerprint density at radius 3 is 2.73 bits per heavy atom. The molecule has 0 radical (unpaired) electrons. The first-order valence-corrected chi connectivity index (χ1v) is 5.40. The van der Waals surface area contributed by atoms with Crippen LogP contribution in [0.2, 0.25) is 0 Å². The van der Waals surface area contributed by atoms with Crippen molar-refractivity contribution in [3.8, 4) is 0 Å². The second-order valence-corrected chi connectivity index (χ2v) is 4.11. The molecule has 0 aliphatic carbocycles. The number of nitrogens with zero attached hydrogens (tertiary/aromatic N) is 1. The number of hydrogen-bond acceptors (Lipinski definition) is 2. The van der Waals surface area contributed by atoms with E-state index in [1.165, 1.54) is 5.56 Å². The van der Waals surface area contributed by atoms with Gasteiger partial charge >= 0.3 is 0 Å². The highest BCUT2D eigenvalue weighted by atomic mass is 16.3. The molecule has 0 spiro atoms. The van der Waals surface area contributed by atoms with Gasteiger partial charge in [-0.15, -0.1) is 0 Å². The molecule has 80 valence electrons. The van der Waals surface area contributed by atoms with Crippen molar-refractivity contribution in [2.75, 3.05) is 6.54 Å². The van der Waals surface area contributed by atoms with Crippen molar-refractivity contribution in [2.45, 2.75) is 25.6 Å². The monoisotopic (exact) mass is 203 g/mol. The zero-order valence-corrected chi connectivity index (χ0v) is 9.00. The SMILES string of the molecule is C[C@@H]1C=C[C@@H](O)CN1Cc1ccccc1. The highest BCUT2D eigenvalue weighted by Crippen LogP contribution is 2.14. The third-order valence-corrected chi connectivity index (χ3v) is 2.84. The summed E-state index contributed by atoms with van der Waals surface area (Å²) in [6.45, 7) is 3.79. The fourth-order valence-electron chi connectivity index (χ4n) is 1.90. The lowest BCUT2D eigenvalue weighted by molar-refractivity contribution is 0.114. The van der Waals surface area contributed by atoms with Gasteiger partial charge in [-0.05, 0) is 12.5 Å². The zero-order valence-electron chi connectivity index (χ0n) is 9.00. The van der Waals surface area contributed by atoms with Gasteiger partial charge in [0.1, 0.15) is 0 Å². The lowest BCUT2D eigenvalue weighted by Gasteiger charge is -2.32. The normalized spacial score (nSPS) is 26.8. The molecule has 0 fully saturated rings. The molecule has 1 N–H and O–H groups in total. The number of β-amino-alcohol motifs (C(OH)–C–C–N with tert-alkyl or cyclic N) is 1. The quantitative estimate of drug-likeness (QED) is 0.741. The van der Waals surface area contributed by atoms with Gasteiger partial charge in [-0.2, -0.15) is 0 Å². The average molecular weight is 203 g/mol. The molecule has 2 nitrogen and oxygen atoms in total. The van der Waals surface area contributed by atoms with Crippen molar-refractivity contribution in [3.63, 3.8) is 0 Å². The maximum atomic E-state index is 9.55. The van der Waals surface area contributed by atoms with Crippen LogP contribution >= 0.6 is 0 Å². The van der Waals surface area contributed by atoms with E-state index in [0.717, 1.165) is 13.1 Å². The minimum absolute atomic E-state index is 0.315. The second kappa shape index (κ2) is 4.60. The lowest BCUT2D eigenvalue weighted by Crippen LogP contribution is -2.40. The van der Waals surface area contributed by atoms with E-state index in [-0.39, 0.29) is 6.10 Å². The summed E-state index contributed by atoms with van der Waals surface area (Å²) < 4.78 is 0. The van der Waals surface area contributed by atoms with Crippen LogP contribution in [0.4, 0.5) is 0 Å². The van der Waals surface area contributed by atoms with E-state index in [9.17, 15) is 5.11 Å². The summed E-state index contributed by atoms with van der Waals surface area (Å²) >= 11 is 0. The number of aliphatic hydroxyl groups is 1. The molecule has 0 saturated carbocycles. The topological polar surface area (TPSA) is 23.5 Å². The van der Waals surface area contributed by atoms with Crippen molar-refractivity contribution >= 4 is 0 Å². The van der Waals surface area contributed by atoms with Gasteiger partial charge in [0.15, 0.2) is 0 Å². The van der Waals surface area contributed by atoms with E-state index < -0.39 is 0 Å². The molecule has 1 aliphatic heterocycles. The third kappa shape index (κ3) is 2.67. The van der Waals surface area contributed by atoms with E-state index in [4.69, 9.17) is 0 Å². The highest BCUT2D eigenvalue weighted by molar-refractivity contribution is 5.15. The van der Waals surface area contributed by atoms with Gasteiger partial charge in [0, 0.05) is 19.1 Å². The molecule has 0 bridgehead atoms. The molecule has 1 aliphatic rings.